The van der Waals surface area contributed by atoms with Gasteiger partial charge < -0.3 is 0 Å². The molecule has 0 saturated carbocycles. The number of rotatable bonds is 1. The van der Waals surface area contributed by atoms with E-state index in [9.17, 15) is 0 Å². The second-order valence-electron chi connectivity index (χ2n) is 3.20. The zero-order valence-corrected chi connectivity index (χ0v) is 7.93. The molecule has 12 heavy (non-hydrogen) atoms. The molecule has 0 spiro atoms. The summed E-state index contributed by atoms with van der Waals surface area (Å²) in [5, 5.41) is 0. The second kappa shape index (κ2) is 4.10. The number of hydrogen-bond donors (Lipinski definition) is 0. The summed E-state index contributed by atoms with van der Waals surface area (Å²) < 4.78 is 0. The van der Waals surface area contributed by atoms with Crippen LogP contribution in [-0.4, -0.2) is 0 Å². The molecular weight excluding hydrogens is 144 g/mol. The van der Waals surface area contributed by atoms with Crippen LogP contribution in [0.2, 0.25) is 0 Å². The van der Waals surface area contributed by atoms with Crippen molar-refractivity contribution in [2.75, 3.05) is 0 Å². The summed E-state index contributed by atoms with van der Waals surface area (Å²) in [5.74, 6) is 0. The molecule has 0 atom stereocenters. The molecule has 0 heteroatoms. The Kier molecular flexibility index (Phi) is 3.09. The Morgan fingerprint density at radius 2 is 2.33 bits per heavy atom. The van der Waals surface area contributed by atoms with E-state index in [2.05, 4.69) is 37.8 Å². The van der Waals surface area contributed by atoms with Crippen molar-refractivity contribution in [3.05, 3.63) is 47.6 Å². The van der Waals surface area contributed by atoms with Crippen molar-refractivity contribution < 1.29 is 0 Å². The largest absolute Gasteiger partial charge is 0.0961 e. The van der Waals surface area contributed by atoms with Gasteiger partial charge in [-0.2, -0.15) is 0 Å². The minimum atomic E-state index is 1.12. The molecule has 0 saturated heterocycles. The molecule has 0 aromatic rings. The van der Waals surface area contributed by atoms with Crippen LogP contribution in [0, 0.1) is 0 Å². The zero-order chi connectivity index (χ0) is 8.97. The van der Waals surface area contributed by atoms with Crippen LogP contribution in [0.15, 0.2) is 47.6 Å². The lowest BCUT2D eigenvalue weighted by atomic mass is 9.94. The number of allylic oxidation sites excluding steroid dienone is 7. The molecule has 0 radical (unpaired) electrons. The summed E-state index contributed by atoms with van der Waals surface area (Å²) in [7, 11) is 0. The van der Waals surface area contributed by atoms with E-state index in [1.165, 1.54) is 24.0 Å². The van der Waals surface area contributed by atoms with E-state index in [0.717, 1.165) is 5.57 Å². The Bertz CT molecular complexity index is 262. The van der Waals surface area contributed by atoms with Crippen molar-refractivity contribution in [1.82, 2.24) is 0 Å². The van der Waals surface area contributed by atoms with Crippen molar-refractivity contribution in [3.63, 3.8) is 0 Å². The summed E-state index contributed by atoms with van der Waals surface area (Å²) in [4.78, 5) is 0. The van der Waals surface area contributed by atoms with Crippen molar-refractivity contribution in [1.29, 1.82) is 0 Å². The number of hydrogen-bond acceptors (Lipinski definition) is 0. The third-order valence-electron chi connectivity index (χ3n) is 2.00. The van der Waals surface area contributed by atoms with Crippen LogP contribution in [0.1, 0.15) is 26.7 Å². The van der Waals surface area contributed by atoms with Crippen LogP contribution >= 0.6 is 0 Å². The molecule has 1 aliphatic rings. The highest BCUT2D eigenvalue weighted by Crippen LogP contribution is 2.23. The first-order valence-electron chi connectivity index (χ1n) is 4.43. The summed E-state index contributed by atoms with van der Waals surface area (Å²) in [5.41, 5.74) is 3.90. The lowest BCUT2D eigenvalue weighted by Crippen LogP contribution is -1.92. The van der Waals surface area contributed by atoms with Gasteiger partial charge in [-0.05, 0) is 37.8 Å². The van der Waals surface area contributed by atoms with Crippen molar-refractivity contribution in [2.24, 2.45) is 0 Å². The van der Waals surface area contributed by atoms with Gasteiger partial charge in [0.2, 0.25) is 0 Å². The fourth-order valence-corrected chi connectivity index (χ4v) is 1.42. The predicted octanol–water partition coefficient (Wildman–Crippen LogP) is 3.79. The van der Waals surface area contributed by atoms with Gasteiger partial charge in [0.05, 0.1) is 0 Å². The Hall–Kier alpha value is -1.04. The van der Waals surface area contributed by atoms with Crippen molar-refractivity contribution in [3.8, 4) is 0 Å². The Labute approximate surface area is 75.0 Å². The maximum Gasteiger partial charge on any atom is -0.0228 e. The molecule has 0 amide bonds. The first kappa shape index (κ1) is 9.05. The minimum Gasteiger partial charge on any atom is -0.0961 e. The van der Waals surface area contributed by atoms with Crippen molar-refractivity contribution >= 4 is 0 Å². The molecule has 0 unspecified atom stereocenters. The van der Waals surface area contributed by atoms with E-state index >= 15 is 0 Å². The van der Waals surface area contributed by atoms with Crippen LogP contribution < -0.4 is 0 Å². The van der Waals surface area contributed by atoms with Crippen LogP contribution in [0.25, 0.3) is 0 Å². The summed E-state index contributed by atoms with van der Waals surface area (Å²) in [6.45, 7) is 8.01. The zero-order valence-electron chi connectivity index (χ0n) is 7.93. The Morgan fingerprint density at radius 3 is 2.92 bits per heavy atom. The highest BCUT2D eigenvalue weighted by molar-refractivity contribution is 5.45. The van der Waals surface area contributed by atoms with Gasteiger partial charge in [0, 0.05) is 0 Å². The van der Waals surface area contributed by atoms with Crippen LogP contribution in [0.4, 0.5) is 0 Å². The van der Waals surface area contributed by atoms with E-state index in [1.54, 1.807) is 0 Å². The molecule has 64 valence electrons. The average molecular weight is 160 g/mol. The topological polar surface area (TPSA) is 0 Å². The molecular formula is C12H16. The van der Waals surface area contributed by atoms with Gasteiger partial charge in [0.1, 0.15) is 0 Å². The fourth-order valence-electron chi connectivity index (χ4n) is 1.42. The Morgan fingerprint density at radius 1 is 1.58 bits per heavy atom. The molecule has 0 N–H and O–H groups in total. The molecule has 0 nitrogen and oxygen atoms in total. The molecule has 1 rings (SSSR count). The molecule has 0 aliphatic heterocycles. The third kappa shape index (κ3) is 2.23. The van der Waals surface area contributed by atoms with Gasteiger partial charge in [-0.3, -0.25) is 0 Å². The standard InChI is InChI=1S/C12H16/c1-4-11-7-5-6-8-12(11)9-10(2)3/h4,6,8-9H,2,5,7H2,1,3H3/b11-4-,12-9-. The SMILES string of the molecule is C=C(C)/C=C1/C=CCC/C1=C/C. The highest BCUT2D eigenvalue weighted by Gasteiger charge is 2.04. The molecule has 0 fully saturated rings. The molecule has 0 heterocycles. The third-order valence-corrected chi connectivity index (χ3v) is 2.00. The summed E-state index contributed by atoms with van der Waals surface area (Å²) >= 11 is 0. The smallest absolute Gasteiger partial charge is 0.0228 e. The second-order valence-corrected chi connectivity index (χ2v) is 3.20. The van der Waals surface area contributed by atoms with E-state index < -0.39 is 0 Å². The summed E-state index contributed by atoms with van der Waals surface area (Å²) in [6.07, 6.45) is 11.1. The van der Waals surface area contributed by atoms with E-state index in [0.29, 0.717) is 0 Å². The van der Waals surface area contributed by atoms with Gasteiger partial charge in [-0.25, -0.2) is 0 Å². The maximum absolute atomic E-state index is 3.88. The lowest BCUT2D eigenvalue weighted by molar-refractivity contribution is 0.963. The van der Waals surface area contributed by atoms with E-state index in [-0.39, 0.29) is 0 Å². The van der Waals surface area contributed by atoms with Crippen LogP contribution in [-0.2, 0) is 0 Å². The van der Waals surface area contributed by atoms with E-state index in [4.69, 9.17) is 0 Å². The lowest BCUT2D eigenvalue weighted by Gasteiger charge is -2.11. The van der Waals surface area contributed by atoms with E-state index in [1.807, 2.05) is 6.92 Å². The van der Waals surface area contributed by atoms with Gasteiger partial charge in [-0.15, -0.1) is 0 Å². The fraction of sp³-hybridized carbons (Fsp3) is 0.333. The average Bonchev–Trinajstić information content (AvgIpc) is 2.04. The van der Waals surface area contributed by atoms with Crippen LogP contribution in [0.3, 0.4) is 0 Å². The van der Waals surface area contributed by atoms with Gasteiger partial charge in [0.15, 0.2) is 0 Å². The van der Waals surface area contributed by atoms with Crippen LogP contribution in [0.5, 0.6) is 0 Å². The van der Waals surface area contributed by atoms with Gasteiger partial charge >= 0.3 is 0 Å². The van der Waals surface area contributed by atoms with Gasteiger partial charge in [-0.1, -0.05) is 36.5 Å². The molecule has 0 aromatic heterocycles. The maximum atomic E-state index is 3.88. The first-order chi connectivity index (χ1) is 5.74. The predicted molar refractivity (Wildman–Crippen MR) is 55.0 cm³/mol. The highest BCUT2D eigenvalue weighted by atomic mass is 14.1. The monoisotopic (exact) mass is 160 g/mol. The van der Waals surface area contributed by atoms with Gasteiger partial charge in [0.25, 0.3) is 0 Å². The molecule has 1 aliphatic carbocycles. The first-order valence-corrected chi connectivity index (χ1v) is 4.43. The molecule has 0 bridgehead atoms. The summed E-state index contributed by atoms with van der Waals surface area (Å²) in [6, 6.07) is 0. The minimum absolute atomic E-state index is 1.12. The quantitative estimate of drug-likeness (QED) is 0.547. The van der Waals surface area contributed by atoms with Crippen molar-refractivity contribution in [2.45, 2.75) is 26.7 Å². The Balaban J connectivity index is 2.93. The normalized spacial score (nSPS) is 23.5. The molecule has 0 aromatic carbocycles.